The molecule has 30 heavy (non-hydrogen) atoms. The van der Waals surface area contributed by atoms with E-state index in [1.165, 1.54) is 27.2 Å². The molecule has 2 aromatic heterocycles. The van der Waals surface area contributed by atoms with Gasteiger partial charge in [-0.3, -0.25) is 9.69 Å². The summed E-state index contributed by atoms with van der Waals surface area (Å²) in [5.74, 6) is 0.0952. The molecule has 0 aliphatic carbocycles. The molecular formula is C23H26N2O3S2. The van der Waals surface area contributed by atoms with Crippen molar-refractivity contribution < 1.29 is 13.9 Å². The van der Waals surface area contributed by atoms with E-state index >= 15 is 0 Å². The van der Waals surface area contributed by atoms with Crippen LogP contribution in [0.3, 0.4) is 0 Å². The number of nitrogens with one attached hydrogen (secondary N) is 1. The van der Waals surface area contributed by atoms with Crippen LogP contribution in [0.15, 0.2) is 52.0 Å². The van der Waals surface area contributed by atoms with E-state index in [0.29, 0.717) is 5.76 Å². The molecular weight excluding hydrogens is 416 g/mol. The van der Waals surface area contributed by atoms with Crippen LogP contribution in [0.4, 0.5) is 5.00 Å². The molecule has 1 saturated heterocycles. The van der Waals surface area contributed by atoms with E-state index in [1.807, 2.05) is 0 Å². The van der Waals surface area contributed by atoms with Crippen molar-refractivity contribution in [1.29, 1.82) is 0 Å². The highest BCUT2D eigenvalue weighted by molar-refractivity contribution is 7.98. The van der Waals surface area contributed by atoms with Gasteiger partial charge in [0.1, 0.15) is 5.00 Å². The molecule has 1 N–H and O–H groups in total. The molecule has 0 saturated carbocycles. The molecule has 5 nitrogen and oxygen atoms in total. The summed E-state index contributed by atoms with van der Waals surface area (Å²) in [6, 6.07) is 12.2. The van der Waals surface area contributed by atoms with Gasteiger partial charge in [-0.25, -0.2) is 0 Å². The minimum atomic E-state index is -0.221. The predicted octanol–water partition coefficient (Wildman–Crippen LogP) is 5.35. The van der Waals surface area contributed by atoms with Crippen molar-refractivity contribution in [3.8, 4) is 0 Å². The molecule has 3 heterocycles. The van der Waals surface area contributed by atoms with Crippen LogP contribution in [0, 0.1) is 13.8 Å². The summed E-state index contributed by atoms with van der Waals surface area (Å²) >= 11 is 3.36. The van der Waals surface area contributed by atoms with Crippen LogP contribution in [0.2, 0.25) is 0 Å². The summed E-state index contributed by atoms with van der Waals surface area (Å²) in [5.41, 5.74) is 3.61. The van der Waals surface area contributed by atoms with Crippen molar-refractivity contribution in [3.05, 3.63) is 70.0 Å². The number of nitrogens with zero attached hydrogens (tertiary/aromatic N) is 1. The highest BCUT2D eigenvalue weighted by Gasteiger charge is 2.30. The first-order chi connectivity index (χ1) is 14.6. The van der Waals surface area contributed by atoms with Crippen molar-refractivity contribution in [2.24, 2.45) is 0 Å². The van der Waals surface area contributed by atoms with Crippen LogP contribution >= 0.6 is 23.1 Å². The van der Waals surface area contributed by atoms with Crippen LogP contribution in [0.5, 0.6) is 0 Å². The molecule has 1 atom stereocenters. The number of amides is 1. The zero-order valence-corrected chi connectivity index (χ0v) is 19.1. The van der Waals surface area contributed by atoms with Crippen LogP contribution in [0.1, 0.15) is 38.2 Å². The summed E-state index contributed by atoms with van der Waals surface area (Å²) in [7, 11) is 0. The summed E-state index contributed by atoms with van der Waals surface area (Å²) in [5, 5.41) is 4.00. The fourth-order valence-electron chi connectivity index (χ4n) is 3.82. The van der Waals surface area contributed by atoms with E-state index in [1.54, 1.807) is 35.2 Å². The lowest BCUT2D eigenvalue weighted by molar-refractivity contribution is 0.0240. The number of ether oxygens (including phenoxy) is 1. The number of thioether (sulfide) groups is 1. The Kier molecular flexibility index (Phi) is 6.63. The maximum atomic E-state index is 12.7. The molecule has 1 amide bonds. The van der Waals surface area contributed by atoms with Crippen LogP contribution in [-0.4, -0.2) is 43.4 Å². The zero-order chi connectivity index (χ0) is 21.1. The average Bonchev–Trinajstić information content (AvgIpc) is 3.40. The quantitative estimate of drug-likeness (QED) is 0.521. The second-order valence-electron chi connectivity index (χ2n) is 7.28. The molecule has 1 aliphatic heterocycles. The molecule has 3 aromatic rings. The summed E-state index contributed by atoms with van der Waals surface area (Å²) in [6.45, 7) is 7.40. The van der Waals surface area contributed by atoms with Gasteiger partial charge in [0.15, 0.2) is 5.76 Å². The van der Waals surface area contributed by atoms with Gasteiger partial charge in [0, 0.05) is 28.4 Å². The Morgan fingerprint density at radius 3 is 2.53 bits per heavy atom. The van der Waals surface area contributed by atoms with Crippen LogP contribution in [-0.2, 0) is 4.74 Å². The van der Waals surface area contributed by atoms with Crippen LogP contribution in [0.25, 0.3) is 0 Å². The first kappa shape index (κ1) is 21.2. The van der Waals surface area contributed by atoms with Gasteiger partial charge in [0.25, 0.3) is 5.91 Å². The van der Waals surface area contributed by atoms with Crippen LogP contribution < -0.4 is 5.32 Å². The average molecular weight is 443 g/mol. The van der Waals surface area contributed by atoms with Crippen molar-refractivity contribution in [2.45, 2.75) is 24.8 Å². The monoisotopic (exact) mass is 442 g/mol. The topological polar surface area (TPSA) is 54.7 Å². The van der Waals surface area contributed by atoms with E-state index in [4.69, 9.17) is 9.15 Å². The smallest absolute Gasteiger partial charge is 0.291 e. The van der Waals surface area contributed by atoms with Gasteiger partial charge in [-0.05, 0) is 55.5 Å². The SMILES string of the molecule is CSc1ccc(C(c2c(NC(=O)c3ccco3)sc(C)c2C)N2CCOCC2)cc1. The second kappa shape index (κ2) is 9.39. The summed E-state index contributed by atoms with van der Waals surface area (Å²) in [4.78, 5) is 17.6. The number of aryl methyl sites for hydroxylation is 1. The number of hydrogen-bond donors (Lipinski definition) is 1. The summed E-state index contributed by atoms with van der Waals surface area (Å²) < 4.78 is 10.9. The van der Waals surface area contributed by atoms with Gasteiger partial charge in [-0.15, -0.1) is 23.1 Å². The molecule has 0 bridgehead atoms. The van der Waals surface area contributed by atoms with Gasteiger partial charge in [0.05, 0.1) is 25.5 Å². The number of hydrogen-bond acceptors (Lipinski definition) is 6. The Bertz CT molecular complexity index is 990. The van der Waals surface area contributed by atoms with Crippen molar-refractivity contribution in [1.82, 2.24) is 4.90 Å². The number of thiophene rings is 1. The number of carbonyl (C=O) groups excluding carboxylic acids is 1. The number of morpholine rings is 1. The molecule has 1 fully saturated rings. The Morgan fingerprint density at radius 2 is 1.90 bits per heavy atom. The number of rotatable bonds is 6. The largest absolute Gasteiger partial charge is 0.459 e. The Hall–Kier alpha value is -2.06. The lowest BCUT2D eigenvalue weighted by Gasteiger charge is -2.35. The summed E-state index contributed by atoms with van der Waals surface area (Å²) in [6.07, 6.45) is 3.60. The highest BCUT2D eigenvalue weighted by atomic mass is 32.2. The lowest BCUT2D eigenvalue weighted by Crippen LogP contribution is -2.39. The molecule has 0 spiro atoms. The molecule has 1 unspecified atom stereocenters. The van der Waals surface area contributed by atoms with Gasteiger partial charge in [0.2, 0.25) is 0 Å². The molecule has 1 aliphatic rings. The van der Waals surface area contributed by atoms with Crippen molar-refractivity contribution >= 4 is 34.0 Å². The molecule has 1 aromatic carbocycles. The minimum Gasteiger partial charge on any atom is -0.459 e. The van der Waals surface area contributed by atoms with Gasteiger partial charge in [-0.2, -0.15) is 0 Å². The van der Waals surface area contributed by atoms with Gasteiger partial charge < -0.3 is 14.5 Å². The number of benzene rings is 1. The third-order valence-corrected chi connectivity index (χ3v) is 7.40. The van der Waals surface area contributed by atoms with E-state index < -0.39 is 0 Å². The minimum absolute atomic E-state index is 0.0571. The fourth-order valence-corrected chi connectivity index (χ4v) is 5.32. The van der Waals surface area contributed by atoms with Crippen molar-refractivity contribution in [2.75, 3.05) is 37.9 Å². The normalized spacial score (nSPS) is 15.8. The Morgan fingerprint density at radius 1 is 1.17 bits per heavy atom. The Balaban J connectivity index is 1.76. The lowest BCUT2D eigenvalue weighted by atomic mass is 9.94. The molecule has 158 valence electrons. The van der Waals surface area contributed by atoms with E-state index in [9.17, 15) is 4.79 Å². The molecule has 4 rings (SSSR count). The molecule has 0 radical (unpaired) electrons. The van der Waals surface area contributed by atoms with Gasteiger partial charge >= 0.3 is 0 Å². The maximum Gasteiger partial charge on any atom is 0.291 e. The maximum absolute atomic E-state index is 12.7. The number of anilines is 1. The van der Waals surface area contributed by atoms with Crippen molar-refractivity contribution in [3.63, 3.8) is 0 Å². The third kappa shape index (κ3) is 4.34. The first-order valence-electron chi connectivity index (χ1n) is 9.99. The van der Waals surface area contributed by atoms with Gasteiger partial charge in [-0.1, -0.05) is 12.1 Å². The van der Waals surface area contributed by atoms with E-state index in [0.717, 1.165) is 36.9 Å². The highest BCUT2D eigenvalue weighted by Crippen LogP contribution is 2.42. The fraction of sp³-hybridized carbons (Fsp3) is 0.348. The predicted molar refractivity (Wildman–Crippen MR) is 123 cm³/mol. The first-order valence-corrected chi connectivity index (χ1v) is 12.0. The standard InChI is InChI=1S/C23H26N2O3S2/c1-15-16(2)30-23(24-22(26)19-5-4-12-28-19)20(15)21(25-10-13-27-14-11-25)17-6-8-18(29-3)9-7-17/h4-9,12,21H,10-11,13-14H2,1-3H3,(H,24,26). The zero-order valence-electron chi connectivity index (χ0n) is 17.4. The number of carbonyl (C=O) groups is 1. The van der Waals surface area contributed by atoms with E-state index in [-0.39, 0.29) is 11.9 Å². The Labute approximate surface area is 185 Å². The second-order valence-corrected chi connectivity index (χ2v) is 9.39. The number of furan rings is 1. The third-order valence-electron chi connectivity index (χ3n) is 5.52. The molecule has 7 heteroatoms. The van der Waals surface area contributed by atoms with E-state index in [2.05, 4.69) is 54.6 Å².